The molecular formula is C12H20N2O2. The molecule has 2 atom stereocenters. The minimum atomic E-state index is -0.0154. The minimum absolute atomic E-state index is 0.0154. The van der Waals surface area contributed by atoms with Crippen molar-refractivity contribution >= 4 is 0 Å². The van der Waals surface area contributed by atoms with Gasteiger partial charge in [0.2, 0.25) is 0 Å². The number of hydroxylamine groups is 2. The first kappa shape index (κ1) is 13.0. The van der Waals surface area contributed by atoms with Crippen LogP contribution in [0.1, 0.15) is 18.5 Å². The van der Waals surface area contributed by atoms with Crippen molar-refractivity contribution in [3.63, 3.8) is 0 Å². The van der Waals surface area contributed by atoms with Crippen molar-refractivity contribution in [3.8, 4) is 5.75 Å². The molecule has 0 heterocycles. The fraction of sp³-hybridized carbons (Fsp3) is 0.500. The lowest BCUT2D eigenvalue weighted by Gasteiger charge is -2.29. The summed E-state index contributed by atoms with van der Waals surface area (Å²) in [5.41, 5.74) is 7.07. The first-order chi connectivity index (χ1) is 7.60. The molecule has 2 N–H and O–H groups in total. The zero-order valence-electron chi connectivity index (χ0n) is 10.3. The van der Waals surface area contributed by atoms with Crippen LogP contribution < -0.4 is 10.5 Å². The number of methoxy groups -OCH3 is 1. The van der Waals surface area contributed by atoms with Crippen molar-refractivity contribution < 1.29 is 9.57 Å². The molecule has 1 rings (SSSR count). The van der Waals surface area contributed by atoms with Gasteiger partial charge in [-0.1, -0.05) is 12.1 Å². The predicted molar refractivity (Wildman–Crippen MR) is 64.2 cm³/mol. The largest absolute Gasteiger partial charge is 0.497 e. The number of ether oxygens (including phenoxy) is 1. The van der Waals surface area contributed by atoms with Crippen molar-refractivity contribution in [2.45, 2.75) is 19.0 Å². The van der Waals surface area contributed by atoms with E-state index in [-0.39, 0.29) is 12.1 Å². The number of hydrogen-bond acceptors (Lipinski definition) is 4. The first-order valence-electron chi connectivity index (χ1n) is 5.26. The molecule has 1 aromatic carbocycles. The van der Waals surface area contributed by atoms with E-state index in [1.54, 1.807) is 19.3 Å². The summed E-state index contributed by atoms with van der Waals surface area (Å²) < 4.78 is 5.12. The van der Waals surface area contributed by atoms with E-state index < -0.39 is 0 Å². The van der Waals surface area contributed by atoms with E-state index >= 15 is 0 Å². The van der Waals surface area contributed by atoms with Gasteiger partial charge in [-0.3, -0.25) is 0 Å². The first-order valence-corrected chi connectivity index (χ1v) is 5.26. The number of nitrogens with zero attached hydrogens (tertiary/aromatic N) is 1. The van der Waals surface area contributed by atoms with Crippen LogP contribution >= 0.6 is 0 Å². The maximum Gasteiger partial charge on any atom is 0.118 e. The predicted octanol–water partition coefficient (Wildman–Crippen LogP) is 1.58. The molecule has 90 valence electrons. The summed E-state index contributed by atoms with van der Waals surface area (Å²) >= 11 is 0. The van der Waals surface area contributed by atoms with Gasteiger partial charge in [0.25, 0.3) is 0 Å². The lowest BCUT2D eigenvalue weighted by molar-refractivity contribution is -0.146. The quantitative estimate of drug-likeness (QED) is 0.771. The molecule has 0 spiro atoms. The molecule has 0 aromatic heterocycles. The van der Waals surface area contributed by atoms with Gasteiger partial charge in [-0.25, -0.2) is 0 Å². The van der Waals surface area contributed by atoms with Crippen LogP contribution in [-0.2, 0) is 4.84 Å². The monoisotopic (exact) mass is 224 g/mol. The Labute approximate surface area is 96.9 Å². The van der Waals surface area contributed by atoms with Gasteiger partial charge in [0.1, 0.15) is 5.75 Å². The van der Waals surface area contributed by atoms with Gasteiger partial charge in [-0.05, 0) is 24.6 Å². The van der Waals surface area contributed by atoms with Gasteiger partial charge in [0.15, 0.2) is 0 Å². The molecule has 0 bridgehead atoms. The Morgan fingerprint density at radius 2 is 1.75 bits per heavy atom. The Morgan fingerprint density at radius 3 is 2.12 bits per heavy atom. The van der Waals surface area contributed by atoms with E-state index in [2.05, 4.69) is 0 Å². The fourth-order valence-corrected chi connectivity index (χ4v) is 1.76. The summed E-state index contributed by atoms with van der Waals surface area (Å²) in [6.07, 6.45) is 0. The maximum absolute atomic E-state index is 5.96. The third kappa shape index (κ3) is 2.95. The second-order valence-corrected chi connectivity index (χ2v) is 3.81. The lowest BCUT2D eigenvalue weighted by atomic mass is 10.0. The van der Waals surface area contributed by atoms with Crippen molar-refractivity contribution in [1.82, 2.24) is 5.06 Å². The van der Waals surface area contributed by atoms with Crippen molar-refractivity contribution in [2.75, 3.05) is 21.3 Å². The highest BCUT2D eigenvalue weighted by atomic mass is 16.7. The van der Waals surface area contributed by atoms with Crippen LogP contribution in [-0.4, -0.2) is 32.4 Å². The zero-order chi connectivity index (χ0) is 12.1. The second-order valence-electron chi connectivity index (χ2n) is 3.81. The summed E-state index contributed by atoms with van der Waals surface area (Å²) in [5, 5.41) is 1.76. The maximum atomic E-state index is 5.96. The van der Waals surface area contributed by atoms with E-state index in [0.717, 1.165) is 11.3 Å². The molecule has 2 unspecified atom stereocenters. The van der Waals surface area contributed by atoms with E-state index in [1.165, 1.54) is 0 Å². The fourth-order valence-electron chi connectivity index (χ4n) is 1.76. The van der Waals surface area contributed by atoms with Gasteiger partial charge in [0.05, 0.1) is 20.3 Å². The summed E-state index contributed by atoms with van der Waals surface area (Å²) in [4.78, 5) is 5.21. The van der Waals surface area contributed by atoms with Crippen molar-refractivity contribution in [3.05, 3.63) is 29.8 Å². The number of benzene rings is 1. The van der Waals surface area contributed by atoms with Gasteiger partial charge in [0, 0.05) is 13.1 Å². The van der Waals surface area contributed by atoms with Crippen LogP contribution in [0.4, 0.5) is 0 Å². The van der Waals surface area contributed by atoms with E-state index in [1.807, 2.05) is 38.2 Å². The molecule has 0 saturated carbocycles. The van der Waals surface area contributed by atoms with Crippen LogP contribution in [0.25, 0.3) is 0 Å². The van der Waals surface area contributed by atoms with Crippen LogP contribution in [0.3, 0.4) is 0 Å². The second kappa shape index (κ2) is 5.84. The number of hydrogen-bond donors (Lipinski definition) is 1. The molecule has 0 radical (unpaired) electrons. The van der Waals surface area contributed by atoms with Gasteiger partial charge in [-0.15, -0.1) is 0 Å². The topological polar surface area (TPSA) is 47.7 Å². The third-order valence-electron chi connectivity index (χ3n) is 2.64. The molecule has 4 nitrogen and oxygen atoms in total. The molecule has 0 fully saturated rings. The molecular weight excluding hydrogens is 204 g/mol. The molecule has 0 amide bonds. The molecule has 16 heavy (non-hydrogen) atoms. The normalized spacial score (nSPS) is 14.9. The number of nitrogens with two attached hydrogens (primary N) is 1. The van der Waals surface area contributed by atoms with Gasteiger partial charge in [-0.2, -0.15) is 5.06 Å². The Kier molecular flexibility index (Phi) is 4.73. The van der Waals surface area contributed by atoms with Crippen molar-refractivity contribution in [2.24, 2.45) is 5.73 Å². The van der Waals surface area contributed by atoms with E-state index in [9.17, 15) is 0 Å². The minimum Gasteiger partial charge on any atom is -0.497 e. The summed E-state index contributed by atoms with van der Waals surface area (Å²) in [7, 11) is 5.16. The highest BCUT2D eigenvalue weighted by Crippen LogP contribution is 2.24. The third-order valence-corrected chi connectivity index (χ3v) is 2.64. The number of rotatable bonds is 5. The Hall–Kier alpha value is -1.10. The van der Waals surface area contributed by atoms with Crippen LogP contribution in [0.15, 0.2) is 24.3 Å². The average Bonchev–Trinajstić information content (AvgIpc) is 2.29. The average molecular weight is 224 g/mol. The Morgan fingerprint density at radius 1 is 1.19 bits per heavy atom. The zero-order valence-corrected chi connectivity index (χ0v) is 10.3. The van der Waals surface area contributed by atoms with Gasteiger partial charge < -0.3 is 15.3 Å². The van der Waals surface area contributed by atoms with E-state index in [4.69, 9.17) is 15.3 Å². The standard InChI is InChI=1S/C12H20N2O2/c1-9(13)12(14(2)16-4)10-5-7-11(15-3)8-6-10/h5-9,12H,13H2,1-4H3. The summed E-state index contributed by atoms with van der Waals surface area (Å²) in [5.74, 6) is 0.840. The van der Waals surface area contributed by atoms with Crippen molar-refractivity contribution in [1.29, 1.82) is 0 Å². The van der Waals surface area contributed by atoms with Crippen LogP contribution in [0, 0.1) is 0 Å². The Balaban J connectivity index is 2.92. The molecule has 0 saturated heterocycles. The SMILES string of the molecule is COc1ccc(C(C(C)N)N(C)OC)cc1. The molecule has 0 aliphatic carbocycles. The highest BCUT2D eigenvalue weighted by Gasteiger charge is 2.21. The summed E-state index contributed by atoms with van der Waals surface area (Å²) in [6, 6.07) is 7.88. The van der Waals surface area contributed by atoms with Gasteiger partial charge >= 0.3 is 0 Å². The summed E-state index contributed by atoms with van der Waals surface area (Å²) in [6.45, 7) is 1.96. The lowest BCUT2D eigenvalue weighted by Crippen LogP contribution is -2.36. The van der Waals surface area contributed by atoms with Crippen LogP contribution in [0.5, 0.6) is 5.75 Å². The molecule has 1 aromatic rings. The van der Waals surface area contributed by atoms with E-state index in [0.29, 0.717) is 0 Å². The Bertz CT molecular complexity index is 311. The smallest absolute Gasteiger partial charge is 0.118 e. The number of likely N-dealkylation sites (N-methyl/N-ethyl adjacent to an activating group) is 1. The molecule has 0 aliphatic heterocycles. The molecule has 0 aliphatic rings. The van der Waals surface area contributed by atoms with Crippen LogP contribution in [0.2, 0.25) is 0 Å². The molecule has 4 heteroatoms. The highest BCUT2D eigenvalue weighted by molar-refractivity contribution is 5.29.